The molecule has 1 aromatic carbocycles. The Morgan fingerprint density at radius 1 is 1.21 bits per heavy atom. The van der Waals surface area contributed by atoms with Crippen LogP contribution in [0.5, 0.6) is 0 Å². The number of rotatable bonds is 2. The summed E-state index contributed by atoms with van der Waals surface area (Å²) >= 11 is 12.0. The van der Waals surface area contributed by atoms with Crippen molar-refractivity contribution >= 4 is 28.9 Å². The molecule has 4 heteroatoms. The van der Waals surface area contributed by atoms with Gasteiger partial charge in [-0.2, -0.15) is 0 Å². The summed E-state index contributed by atoms with van der Waals surface area (Å²) in [6.45, 7) is 3.00. The fourth-order valence-corrected chi connectivity index (χ4v) is 3.02. The molecule has 1 aliphatic heterocycles. The maximum Gasteiger partial charge on any atom is 0.135 e. The van der Waals surface area contributed by atoms with Crippen molar-refractivity contribution in [1.82, 2.24) is 4.98 Å². The number of fused-ring (bicyclic) bond motifs is 1. The number of nitrogens with zero attached hydrogens (tertiary/aromatic N) is 2. The van der Waals surface area contributed by atoms with E-state index in [2.05, 4.69) is 41.1 Å². The van der Waals surface area contributed by atoms with Gasteiger partial charge in [-0.1, -0.05) is 47.5 Å². The van der Waals surface area contributed by atoms with Crippen LogP contribution in [0, 0.1) is 0 Å². The van der Waals surface area contributed by atoms with Crippen molar-refractivity contribution < 1.29 is 0 Å². The van der Waals surface area contributed by atoms with Gasteiger partial charge in [-0.3, -0.25) is 0 Å². The van der Waals surface area contributed by atoms with Gasteiger partial charge < -0.3 is 4.90 Å². The summed E-state index contributed by atoms with van der Waals surface area (Å²) in [5.41, 5.74) is 3.70. The minimum absolute atomic E-state index is 0.434. The monoisotopic (exact) mass is 292 g/mol. The van der Waals surface area contributed by atoms with Gasteiger partial charge in [-0.25, -0.2) is 4.98 Å². The highest BCUT2D eigenvalue weighted by Crippen LogP contribution is 2.33. The topological polar surface area (TPSA) is 16.1 Å². The third-order valence-electron chi connectivity index (χ3n) is 3.58. The molecule has 0 radical (unpaired) electrons. The van der Waals surface area contributed by atoms with Crippen LogP contribution in [0.25, 0.3) is 0 Å². The second kappa shape index (κ2) is 5.03. The Bertz CT molecular complexity index is 613. The van der Waals surface area contributed by atoms with Crippen molar-refractivity contribution in [3.63, 3.8) is 0 Å². The molecule has 0 bridgehead atoms. The number of pyridine rings is 1. The zero-order chi connectivity index (χ0) is 13.4. The molecular formula is C15H14Cl2N2. The Hall–Kier alpha value is -1.25. The molecule has 1 atom stereocenters. The quantitative estimate of drug-likeness (QED) is 0.766. The van der Waals surface area contributed by atoms with Gasteiger partial charge in [0.05, 0.1) is 0 Å². The van der Waals surface area contributed by atoms with Crippen LogP contribution in [0.3, 0.4) is 0 Å². The van der Waals surface area contributed by atoms with Crippen LogP contribution in [0.15, 0.2) is 36.4 Å². The van der Waals surface area contributed by atoms with Crippen LogP contribution >= 0.6 is 23.2 Å². The van der Waals surface area contributed by atoms with Crippen molar-refractivity contribution in [3.8, 4) is 0 Å². The van der Waals surface area contributed by atoms with Crippen molar-refractivity contribution in [1.29, 1.82) is 0 Å². The van der Waals surface area contributed by atoms with Gasteiger partial charge in [0.15, 0.2) is 0 Å². The molecule has 2 aromatic rings. The molecular weight excluding hydrogens is 279 g/mol. The molecule has 2 heterocycles. The minimum Gasteiger partial charge on any atom is -0.364 e. The van der Waals surface area contributed by atoms with E-state index in [4.69, 9.17) is 23.2 Å². The lowest BCUT2D eigenvalue weighted by atomic mass is 10.1. The molecule has 0 saturated carbocycles. The minimum atomic E-state index is 0.434. The van der Waals surface area contributed by atoms with Gasteiger partial charge in [0.25, 0.3) is 0 Å². The lowest BCUT2D eigenvalue weighted by Crippen LogP contribution is -2.28. The Kier molecular flexibility index (Phi) is 3.38. The number of para-hydroxylation sites is 1. The van der Waals surface area contributed by atoms with Crippen LogP contribution in [0.1, 0.15) is 18.1 Å². The van der Waals surface area contributed by atoms with Crippen LogP contribution in [0.4, 0.5) is 5.69 Å². The van der Waals surface area contributed by atoms with E-state index in [1.54, 1.807) is 6.07 Å². The molecule has 19 heavy (non-hydrogen) atoms. The second-order valence-corrected chi connectivity index (χ2v) is 5.64. The summed E-state index contributed by atoms with van der Waals surface area (Å²) in [6.07, 6.45) is 1.08. The SMILES string of the molecule is CC1Cc2ccccc2N1Cc1ccc(Cl)nc1Cl. The average molecular weight is 293 g/mol. The summed E-state index contributed by atoms with van der Waals surface area (Å²) in [5.74, 6) is 0. The van der Waals surface area contributed by atoms with E-state index >= 15 is 0 Å². The van der Waals surface area contributed by atoms with E-state index in [0.29, 0.717) is 16.3 Å². The third-order valence-corrected chi connectivity index (χ3v) is 4.12. The highest BCUT2D eigenvalue weighted by molar-refractivity contribution is 6.32. The first kappa shape index (κ1) is 12.8. The maximum atomic E-state index is 6.16. The van der Waals surface area contributed by atoms with Crippen LogP contribution in [-0.2, 0) is 13.0 Å². The average Bonchev–Trinajstić information content (AvgIpc) is 2.69. The lowest BCUT2D eigenvalue weighted by molar-refractivity contribution is 0.671. The van der Waals surface area contributed by atoms with Gasteiger partial charge in [0.2, 0.25) is 0 Å². The molecule has 2 nitrogen and oxygen atoms in total. The molecule has 1 aromatic heterocycles. The zero-order valence-electron chi connectivity index (χ0n) is 10.6. The number of hydrogen-bond acceptors (Lipinski definition) is 2. The van der Waals surface area contributed by atoms with Crippen LogP contribution in [-0.4, -0.2) is 11.0 Å². The number of halogens is 2. The molecule has 3 rings (SSSR count). The normalized spacial score (nSPS) is 17.6. The molecule has 98 valence electrons. The molecule has 0 saturated heterocycles. The van der Waals surface area contributed by atoms with Crippen LogP contribution in [0.2, 0.25) is 10.3 Å². The van der Waals surface area contributed by atoms with Crippen molar-refractivity contribution in [2.45, 2.75) is 25.9 Å². The molecule has 0 N–H and O–H groups in total. The lowest BCUT2D eigenvalue weighted by Gasteiger charge is -2.25. The first-order valence-electron chi connectivity index (χ1n) is 6.30. The molecule has 0 aliphatic carbocycles. The van der Waals surface area contributed by atoms with E-state index in [-0.39, 0.29) is 0 Å². The fraction of sp³-hybridized carbons (Fsp3) is 0.267. The summed E-state index contributed by atoms with van der Waals surface area (Å²) in [7, 11) is 0. The zero-order valence-corrected chi connectivity index (χ0v) is 12.1. The van der Waals surface area contributed by atoms with E-state index in [1.807, 2.05) is 6.07 Å². The largest absolute Gasteiger partial charge is 0.364 e. The molecule has 0 amide bonds. The van der Waals surface area contributed by atoms with Crippen molar-refractivity contribution in [2.24, 2.45) is 0 Å². The van der Waals surface area contributed by atoms with Gasteiger partial charge >= 0.3 is 0 Å². The number of anilines is 1. The van der Waals surface area contributed by atoms with Gasteiger partial charge in [-0.15, -0.1) is 0 Å². The number of aromatic nitrogens is 1. The maximum absolute atomic E-state index is 6.16. The third kappa shape index (κ3) is 2.43. The van der Waals surface area contributed by atoms with E-state index in [0.717, 1.165) is 18.5 Å². The predicted molar refractivity (Wildman–Crippen MR) is 80.0 cm³/mol. The standard InChI is InChI=1S/C15H14Cl2N2/c1-10-8-11-4-2-3-5-13(11)19(10)9-12-6-7-14(16)18-15(12)17/h2-7,10H,8-9H2,1H3. The smallest absolute Gasteiger partial charge is 0.135 e. The Morgan fingerprint density at radius 3 is 2.79 bits per heavy atom. The van der Waals surface area contributed by atoms with Crippen molar-refractivity contribution in [2.75, 3.05) is 4.90 Å². The Morgan fingerprint density at radius 2 is 2.00 bits per heavy atom. The molecule has 0 fully saturated rings. The summed E-state index contributed by atoms with van der Waals surface area (Å²) < 4.78 is 0. The summed E-state index contributed by atoms with van der Waals surface area (Å²) in [5, 5.41) is 0.924. The highest BCUT2D eigenvalue weighted by Gasteiger charge is 2.25. The Balaban J connectivity index is 1.91. The fourth-order valence-electron chi connectivity index (χ4n) is 2.61. The number of hydrogen-bond donors (Lipinski definition) is 0. The second-order valence-electron chi connectivity index (χ2n) is 4.89. The molecule has 0 spiro atoms. The van der Waals surface area contributed by atoms with Gasteiger partial charge in [-0.05, 0) is 31.0 Å². The van der Waals surface area contributed by atoms with E-state index < -0.39 is 0 Å². The van der Waals surface area contributed by atoms with Crippen molar-refractivity contribution in [3.05, 3.63) is 57.8 Å². The summed E-state index contributed by atoms with van der Waals surface area (Å²) in [6, 6.07) is 12.7. The number of benzene rings is 1. The Labute approximate surface area is 123 Å². The van der Waals surface area contributed by atoms with E-state index in [1.165, 1.54) is 11.3 Å². The van der Waals surface area contributed by atoms with Crippen LogP contribution < -0.4 is 4.90 Å². The van der Waals surface area contributed by atoms with Gasteiger partial charge in [0.1, 0.15) is 10.3 Å². The summed E-state index contributed by atoms with van der Waals surface area (Å²) in [4.78, 5) is 6.47. The molecule has 1 aliphatic rings. The van der Waals surface area contributed by atoms with E-state index in [9.17, 15) is 0 Å². The molecule has 1 unspecified atom stereocenters. The first-order chi connectivity index (χ1) is 9.15. The first-order valence-corrected chi connectivity index (χ1v) is 7.06. The predicted octanol–water partition coefficient (Wildman–Crippen LogP) is 4.34. The highest BCUT2D eigenvalue weighted by atomic mass is 35.5. The van der Waals surface area contributed by atoms with Gasteiger partial charge in [0, 0.05) is 23.8 Å².